The molecule has 1 rings (SSSR count). The quantitative estimate of drug-likeness (QED) is 0.0723. The van der Waals surface area contributed by atoms with Crippen LogP contribution in [-0.2, 0) is 28.5 Å². The summed E-state index contributed by atoms with van der Waals surface area (Å²) in [5, 5.41) is 39.7. The smallest absolute Gasteiger partial charge is 0.306 e. The maximum Gasteiger partial charge on any atom is 0.306 e. The normalized spacial score (nSPS) is 22.8. The molecule has 1 saturated heterocycles. The third kappa shape index (κ3) is 19.0. The second-order valence-electron chi connectivity index (χ2n) is 12.0. The summed E-state index contributed by atoms with van der Waals surface area (Å²) < 4.78 is 21.9. The molecule has 254 valence electrons. The van der Waals surface area contributed by atoms with Gasteiger partial charge in [-0.25, -0.2) is 0 Å². The Bertz CT molecular complexity index is 689. The van der Waals surface area contributed by atoms with E-state index in [9.17, 15) is 30.0 Å². The monoisotopic (exact) mass is 618 g/mol. The molecule has 0 aromatic carbocycles. The molecule has 10 nitrogen and oxygen atoms in total. The summed E-state index contributed by atoms with van der Waals surface area (Å²) in [7, 11) is 0. The molecule has 4 N–H and O–H groups in total. The van der Waals surface area contributed by atoms with E-state index in [2.05, 4.69) is 13.8 Å². The number of carbonyl (C=O) groups excluding carboxylic acids is 2. The van der Waals surface area contributed by atoms with Gasteiger partial charge in [-0.1, -0.05) is 117 Å². The van der Waals surface area contributed by atoms with Crippen LogP contribution in [0.1, 0.15) is 142 Å². The third-order valence-electron chi connectivity index (χ3n) is 7.99. The van der Waals surface area contributed by atoms with Gasteiger partial charge >= 0.3 is 11.9 Å². The summed E-state index contributed by atoms with van der Waals surface area (Å²) in [5.74, 6) is -0.809. The molecular formula is C33H62O10. The van der Waals surface area contributed by atoms with Crippen LogP contribution in [0.4, 0.5) is 0 Å². The van der Waals surface area contributed by atoms with E-state index < -0.39 is 49.4 Å². The summed E-state index contributed by atoms with van der Waals surface area (Å²) in [4.78, 5) is 24.9. The van der Waals surface area contributed by atoms with Gasteiger partial charge < -0.3 is 39.4 Å². The van der Waals surface area contributed by atoms with Gasteiger partial charge in [-0.2, -0.15) is 0 Å². The van der Waals surface area contributed by atoms with Crippen LogP contribution in [0.3, 0.4) is 0 Å². The first kappa shape index (κ1) is 39.7. The maximum atomic E-state index is 12.6. The third-order valence-corrected chi connectivity index (χ3v) is 7.99. The largest absolute Gasteiger partial charge is 0.462 e. The second kappa shape index (κ2) is 26.0. The van der Waals surface area contributed by atoms with Crippen molar-refractivity contribution in [3.05, 3.63) is 0 Å². The topological polar surface area (TPSA) is 152 Å². The van der Waals surface area contributed by atoms with Crippen molar-refractivity contribution in [2.75, 3.05) is 19.8 Å². The Morgan fingerprint density at radius 2 is 1.09 bits per heavy atom. The Hall–Kier alpha value is -1.30. The van der Waals surface area contributed by atoms with Crippen LogP contribution in [0.25, 0.3) is 0 Å². The van der Waals surface area contributed by atoms with Crippen molar-refractivity contribution in [1.29, 1.82) is 0 Å². The van der Waals surface area contributed by atoms with Gasteiger partial charge in [0, 0.05) is 12.8 Å². The molecule has 0 radical (unpaired) electrons. The standard InChI is InChI=1S/C33H62O10/c1-3-5-7-9-11-13-15-17-19-21-28(35)40-24-26(25-41-33-32(39)31(38)30(37)27(23-34)43-33)42-29(36)22-20-18-16-14-12-10-8-6-4-2/h26-27,30-34,37-39H,3-25H2,1-2H3/t26?,27-,30+,31+,32-,33-/m1/s1. The van der Waals surface area contributed by atoms with Gasteiger partial charge in [-0.05, 0) is 12.8 Å². The predicted octanol–water partition coefficient (Wildman–Crippen LogP) is 5.10. The fourth-order valence-corrected chi connectivity index (χ4v) is 5.19. The van der Waals surface area contributed by atoms with Gasteiger partial charge in [-0.3, -0.25) is 9.59 Å². The van der Waals surface area contributed by atoms with Crippen molar-refractivity contribution in [2.45, 2.75) is 179 Å². The van der Waals surface area contributed by atoms with Crippen molar-refractivity contribution >= 4 is 11.9 Å². The first-order valence-electron chi connectivity index (χ1n) is 17.1. The summed E-state index contributed by atoms with van der Waals surface area (Å²) in [6.07, 6.45) is 12.8. The molecule has 10 heteroatoms. The van der Waals surface area contributed by atoms with Gasteiger partial charge in [0.05, 0.1) is 13.2 Å². The Kier molecular flexibility index (Phi) is 24.0. The average Bonchev–Trinajstić information content (AvgIpc) is 3.00. The van der Waals surface area contributed by atoms with Gasteiger partial charge in [0.25, 0.3) is 0 Å². The Morgan fingerprint density at radius 1 is 0.628 bits per heavy atom. The number of aliphatic hydroxyl groups is 4. The van der Waals surface area contributed by atoms with Crippen LogP contribution in [-0.4, -0.2) is 89.0 Å². The van der Waals surface area contributed by atoms with Crippen LogP contribution < -0.4 is 0 Å². The van der Waals surface area contributed by atoms with Crippen molar-refractivity contribution in [1.82, 2.24) is 0 Å². The number of unbranched alkanes of at least 4 members (excludes halogenated alkanes) is 16. The fraction of sp³-hybridized carbons (Fsp3) is 0.939. The molecule has 43 heavy (non-hydrogen) atoms. The van der Waals surface area contributed by atoms with Gasteiger partial charge in [0.15, 0.2) is 12.4 Å². The van der Waals surface area contributed by atoms with E-state index in [1.165, 1.54) is 70.6 Å². The number of rotatable bonds is 27. The minimum absolute atomic E-state index is 0.211. The molecule has 1 aliphatic rings. The molecule has 0 aromatic rings. The molecule has 0 aromatic heterocycles. The summed E-state index contributed by atoms with van der Waals surface area (Å²) in [5.41, 5.74) is 0. The van der Waals surface area contributed by atoms with E-state index >= 15 is 0 Å². The molecule has 0 saturated carbocycles. The molecule has 0 amide bonds. The molecule has 0 bridgehead atoms. The lowest BCUT2D eigenvalue weighted by Crippen LogP contribution is -2.59. The second-order valence-corrected chi connectivity index (χ2v) is 12.0. The summed E-state index contributed by atoms with van der Waals surface area (Å²) >= 11 is 0. The maximum absolute atomic E-state index is 12.6. The number of ether oxygens (including phenoxy) is 4. The molecule has 0 aliphatic carbocycles. The minimum atomic E-state index is -1.59. The van der Waals surface area contributed by atoms with Crippen molar-refractivity contribution < 1.29 is 49.0 Å². The molecule has 1 heterocycles. The average molecular weight is 619 g/mol. The van der Waals surface area contributed by atoms with Crippen LogP contribution in [0.5, 0.6) is 0 Å². The highest BCUT2D eigenvalue weighted by Crippen LogP contribution is 2.22. The van der Waals surface area contributed by atoms with E-state index in [0.29, 0.717) is 6.42 Å². The lowest BCUT2D eigenvalue weighted by atomic mass is 9.99. The van der Waals surface area contributed by atoms with E-state index in [4.69, 9.17) is 18.9 Å². The molecule has 1 fully saturated rings. The fourth-order valence-electron chi connectivity index (χ4n) is 5.19. The lowest BCUT2D eigenvalue weighted by molar-refractivity contribution is -0.305. The number of hydrogen-bond acceptors (Lipinski definition) is 10. The molecule has 6 atom stereocenters. The summed E-state index contributed by atoms with van der Waals surface area (Å²) in [6.45, 7) is 3.35. The SMILES string of the molecule is CCCCCCCCCCCC(=O)OCC(CO[C@@H]1O[C@H](CO)[C@H](O)[C@H](O)[C@H]1O)OC(=O)CCCCCCCCCCC. The van der Waals surface area contributed by atoms with Gasteiger partial charge in [0.1, 0.15) is 31.0 Å². The molecule has 1 aliphatic heterocycles. The lowest BCUT2D eigenvalue weighted by Gasteiger charge is -2.39. The number of hydrogen-bond donors (Lipinski definition) is 4. The highest BCUT2D eigenvalue weighted by Gasteiger charge is 2.44. The first-order chi connectivity index (χ1) is 20.8. The van der Waals surface area contributed by atoms with E-state index in [0.717, 1.165) is 38.5 Å². The summed E-state index contributed by atoms with van der Waals surface area (Å²) in [6, 6.07) is 0. The Morgan fingerprint density at radius 3 is 1.58 bits per heavy atom. The van der Waals surface area contributed by atoms with Crippen LogP contribution in [0.2, 0.25) is 0 Å². The Balaban J connectivity index is 2.46. The van der Waals surface area contributed by atoms with Gasteiger partial charge in [0.2, 0.25) is 0 Å². The molecule has 1 unspecified atom stereocenters. The zero-order valence-corrected chi connectivity index (χ0v) is 27.0. The van der Waals surface area contributed by atoms with Crippen molar-refractivity contribution in [3.63, 3.8) is 0 Å². The van der Waals surface area contributed by atoms with Crippen LogP contribution in [0, 0.1) is 0 Å². The van der Waals surface area contributed by atoms with Crippen molar-refractivity contribution in [2.24, 2.45) is 0 Å². The van der Waals surface area contributed by atoms with E-state index in [1.807, 2.05) is 0 Å². The highest BCUT2D eigenvalue weighted by atomic mass is 16.7. The van der Waals surface area contributed by atoms with E-state index in [1.54, 1.807) is 0 Å². The minimum Gasteiger partial charge on any atom is -0.462 e. The zero-order valence-electron chi connectivity index (χ0n) is 27.0. The van der Waals surface area contributed by atoms with Crippen LogP contribution >= 0.6 is 0 Å². The number of carbonyl (C=O) groups is 2. The zero-order chi connectivity index (χ0) is 31.7. The first-order valence-corrected chi connectivity index (χ1v) is 17.1. The van der Waals surface area contributed by atoms with Crippen molar-refractivity contribution in [3.8, 4) is 0 Å². The number of aliphatic hydroxyl groups excluding tert-OH is 4. The van der Waals surface area contributed by atoms with Gasteiger partial charge in [-0.15, -0.1) is 0 Å². The van der Waals surface area contributed by atoms with Crippen LogP contribution in [0.15, 0.2) is 0 Å². The molecule has 0 spiro atoms. The Labute approximate surface area is 259 Å². The van der Waals surface area contributed by atoms with E-state index in [-0.39, 0.29) is 32.0 Å². The highest BCUT2D eigenvalue weighted by molar-refractivity contribution is 5.70. The number of esters is 2. The molecular weight excluding hydrogens is 556 g/mol. The predicted molar refractivity (Wildman–Crippen MR) is 164 cm³/mol.